The summed E-state index contributed by atoms with van der Waals surface area (Å²) >= 11 is 9.68. The topological polar surface area (TPSA) is 24.9 Å². The Balaban J connectivity index is 2.05. The van der Waals surface area contributed by atoms with E-state index in [2.05, 4.69) is 40.1 Å². The lowest BCUT2D eigenvalue weighted by Crippen LogP contribution is -2.19. The lowest BCUT2D eigenvalue weighted by atomic mass is 10.1. The summed E-state index contributed by atoms with van der Waals surface area (Å²) in [5, 5.41) is 4.27. The number of nitrogens with one attached hydrogen (secondary N) is 1. The first-order chi connectivity index (χ1) is 9.08. The highest BCUT2D eigenvalue weighted by molar-refractivity contribution is 9.10. The van der Waals surface area contributed by atoms with Crippen LogP contribution in [0.2, 0.25) is 5.02 Å². The molecule has 0 saturated heterocycles. The molecule has 0 saturated carbocycles. The summed E-state index contributed by atoms with van der Waals surface area (Å²) in [6.45, 7) is 4.99. The molecule has 2 aromatic rings. The molecule has 2 nitrogen and oxygen atoms in total. The zero-order chi connectivity index (χ0) is 13.8. The van der Waals surface area contributed by atoms with Gasteiger partial charge in [0.05, 0.1) is 0 Å². The number of aromatic nitrogens is 1. The average molecular weight is 340 g/mol. The molecule has 0 bridgehead atoms. The van der Waals surface area contributed by atoms with Gasteiger partial charge >= 0.3 is 0 Å². The summed E-state index contributed by atoms with van der Waals surface area (Å²) in [6.07, 6.45) is 3.70. The molecule has 0 aliphatic carbocycles. The van der Waals surface area contributed by atoms with Crippen molar-refractivity contribution in [1.82, 2.24) is 10.3 Å². The van der Waals surface area contributed by atoms with Crippen molar-refractivity contribution < 1.29 is 0 Å². The van der Waals surface area contributed by atoms with Gasteiger partial charge in [-0.3, -0.25) is 4.98 Å². The van der Waals surface area contributed by atoms with E-state index in [0.29, 0.717) is 0 Å². The van der Waals surface area contributed by atoms with Crippen molar-refractivity contribution >= 4 is 27.5 Å². The Morgan fingerprint density at radius 1 is 1.37 bits per heavy atom. The Morgan fingerprint density at radius 2 is 2.16 bits per heavy atom. The largest absolute Gasteiger partial charge is 0.306 e. The molecular formula is C15H16BrClN2. The summed E-state index contributed by atoms with van der Waals surface area (Å²) in [6, 6.07) is 8.22. The van der Waals surface area contributed by atoms with Crippen LogP contribution in [0.4, 0.5) is 0 Å². The van der Waals surface area contributed by atoms with Gasteiger partial charge in [0.25, 0.3) is 0 Å². The second-order valence-corrected chi connectivity index (χ2v) is 5.89. The predicted octanol–water partition coefficient (Wildman–Crippen LogP) is 4.66. The van der Waals surface area contributed by atoms with E-state index < -0.39 is 0 Å². The second kappa shape index (κ2) is 6.51. The van der Waals surface area contributed by atoms with E-state index in [4.69, 9.17) is 11.6 Å². The number of rotatable bonds is 4. The van der Waals surface area contributed by atoms with Crippen molar-refractivity contribution in [2.45, 2.75) is 26.4 Å². The first kappa shape index (κ1) is 14.5. The van der Waals surface area contributed by atoms with Crippen molar-refractivity contribution in [3.63, 3.8) is 0 Å². The van der Waals surface area contributed by atoms with Gasteiger partial charge in [-0.15, -0.1) is 0 Å². The van der Waals surface area contributed by atoms with Gasteiger partial charge in [-0.1, -0.05) is 33.6 Å². The van der Waals surface area contributed by atoms with Crippen LogP contribution in [0.1, 0.15) is 29.7 Å². The monoisotopic (exact) mass is 338 g/mol. The maximum atomic E-state index is 6.26. The van der Waals surface area contributed by atoms with Crippen molar-refractivity contribution in [2.24, 2.45) is 0 Å². The molecule has 0 amide bonds. The predicted molar refractivity (Wildman–Crippen MR) is 83.4 cm³/mol. The first-order valence-electron chi connectivity index (χ1n) is 6.15. The van der Waals surface area contributed by atoms with E-state index in [1.165, 1.54) is 11.1 Å². The molecule has 1 aromatic heterocycles. The molecule has 1 atom stereocenters. The quantitative estimate of drug-likeness (QED) is 0.876. The standard InChI is InChI=1S/C15H16BrClN2/c1-10-8-18-6-5-12(10)9-19-11(2)14-4-3-13(16)7-15(14)17/h3-8,11,19H,9H2,1-2H3. The third kappa shape index (κ3) is 3.78. The van der Waals surface area contributed by atoms with Gasteiger partial charge in [0.15, 0.2) is 0 Å². The van der Waals surface area contributed by atoms with Crippen molar-refractivity contribution in [1.29, 1.82) is 0 Å². The van der Waals surface area contributed by atoms with Gasteiger partial charge in [0.2, 0.25) is 0 Å². The highest BCUT2D eigenvalue weighted by Crippen LogP contribution is 2.26. The molecule has 4 heteroatoms. The van der Waals surface area contributed by atoms with Gasteiger partial charge in [-0.05, 0) is 48.7 Å². The molecule has 100 valence electrons. The van der Waals surface area contributed by atoms with E-state index in [1.54, 1.807) is 0 Å². The number of nitrogens with zero attached hydrogens (tertiary/aromatic N) is 1. The molecule has 2 rings (SSSR count). The van der Waals surface area contributed by atoms with Crippen LogP contribution in [0.3, 0.4) is 0 Å². The smallest absolute Gasteiger partial charge is 0.0464 e. The summed E-state index contributed by atoms with van der Waals surface area (Å²) in [7, 11) is 0. The Labute approximate surface area is 127 Å². The maximum Gasteiger partial charge on any atom is 0.0464 e. The van der Waals surface area contributed by atoms with E-state index in [9.17, 15) is 0 Å². The van der Waals surface area contributed by atoms with Crippen LogP contribution < -0.4 is 5.32 Å². The van der Waals surface area contributed by atoms with Crippen molar-refractivity contribution in [3.05, 3.63) is 62.8 Å². The van der Waals surface area contributed by atoms with Crippen LogP contribution in [0.15, 0.2) is 41.1 Å². The van der Waals surface area contributed by atoms with Crippen LogP contribution in [0.25, 0.3) is 0 Å². The fraction of sp³-hybridized carbons (Fsp3) is 0.267. The first-order valence-corrected chi connectivity index (χ1v) is 7.33. The van der Waals surface area contributed by atoms with Crippen LogP contribution in [0, 0.1) is 6.92 Å². The van der Waals surface area contributed by atoms with Gasteiger partial charge in [-0.2, -0.15) is 0 Å². The highest BCUT2D eigenvalue weighted by atomic mass is 79.9. The van der Waals surface area contributed by atoms with E-state index >= 15 is 0 Å². The van der Waals surface area contributed by atoms with E-state index in [1.807, 2.05) is 36.7 Å². The molecule has 0 aliphatic rings. The van der Waals surface area contributed by atoms with Crippen LogP contribution in [-0.4, -0.2) is 4.98 Å². The van der Waals surface area contributed by atoms with Gasteiger partial charge in [0.1, 0.15) is 0 Å². The number of hydrogen-bond donors (Lipinski definition) is 1. The Kier molecular flexibility index (Phi) is 4.97. The third-order valence-corrected chi connectivity index (χ3v) is 3.98. The molecule has 1 N–H and O–H groups in total. The maximum absolute atomic E-state index is 6.26. The summed E-state index contributed by atoms with van der Waals surface area (Å²) in [4.78, 5) is 4.10. The zero-order valence-corrected chi connectivity index (χ0v) is 13.3. The van der Waals surface area contributed by atoms with Gasteiger partial charge in [-0.25, -0.2) is 0 Å². The lowest BCUT2D eigenvalue weighted by molar-refractivity contribution is 0.573. The molecular weight excluding hydrogens is 324 g/mol. The number of benzene rings is 1. The average Bonchev–Trinajstić information content (AvgIpc) is 2.37. The van der Waals surface area contributed by atoms with Gasteiger partial charge < -0.3 is 5.32 Å². The van der Waals surface area contributed by atoms with Crippen LogP contribution in [-0.2, 0) is 6.54 Å². The fourth-order valence-corrected chi connectivity index (χ4v) is 2.76. The van der Waals surface area contributed by atoms with Crippen LogP contribution >= 0.6 is 27.5 Å². The lowest BCUT2D eigenvalue weighted by Gasteiger charge is -2.16. The number of pyridine rings is 1. The molecule has 0 aliphatic heterocycles. The summed E-state index contributed by atoms with van der Waals surface area (Å²) in [5.41, 5.74) is 3.57. The Morgan fingerprint density at radius 3 is 2.84 bits per heavy atom. The summed E-state index contributed by atoms with van der Waals surface area (Å²) in [5.74, 6) is 0. The number of aryl methyl sites for hydroxylation is 1. The number of halogens is 2. The normalized spacial score (nSPS) is 12.4. The van der Waals surface area contributed by atoms with E-state index in [0.717, 1.165) is 21.6 Å². The SMILES string of the molecule is Cc1cnccc1CNC(C)c1ccc(Br)cc1Cl. The molecule has 19 heavy (non-hydrogen) atoms. The third-order valence-electron chi connectivity index (χ3n) is 3.16. The molecule has 1 aromatic carbocycles. The Bertz CT molecular complexity index is 572. The van der Waals surface area contributed by atoms with Crippen molar-refractivity contribution in [2.75, 3.05) is 0 Å². The molecule has 1 heterocycles. The Hall–Kier alpha value is -0.900. The highest BCUT2D eigenvalue weighted by Gasteiger charge is 2.10. The van der Waals surface area contributed by atoms with Crippen molar-refractivity contribution in [3.8, 4) is 0 Å². The summed E-state index contributed by atoms with van der Waals surface area (Å²) < 4.78 is 0.999. The number of hydrogen-bond acceptors (Lipinski definition) is 2. The van der Waals surface area contributed by atoms with Crippen LogP contribution in [0.5, 0.6) is 0 Å². The fourth-order valence-electron chi connectivity index (χ4n) is 1.93. The zero-order valence-electron chi connectivity index (χ0n) is 11.0. The minimum Gasteiger partial charge on any atom is -0.306 e. The second-order valence-electron chi connectivity index (χ2n) is 4.57. The van der Waals surface area contributed by atoms with Gasteiger partial charge in [0, 0.05) is 34.5 Å². The molecule has 0 radical (unpaired) electrons. The minimum atomic E-state index is 0.202. The molecule has 0 fully saturated rings. The molecule has 0 spiro atoms. The van der Waals surface area contributed by atoms with E-state index in [-0.39, 0.29) is 6.04 Å². The minimum absolute atomic E-state index is 0.202. The molecule has 1 unspecified atom stereocenters.